The van der Waals surface area contributed by atoms with Gasteiger partial charge in [-0.25, -0.2) is 4.68 Å². The van der Waals surface area contributed by atoms with Gasteiger partial charge in [0, 0.05) is 10.4 Å². The Labute approximate surface area is 152 Å². The van der Waals surface area contributed by atoms with Gasteiger partial charge in [0.25, 0.3) is 11.4 Å². The quantitative estimate of drug-likeness (QED) is 0.532. The van der Waals surface area contributed by atoms with E-state index < -0.39 is 22.9 Å². The summed E-state index contributed by atoms with van der Waals surface area (Å²) in [7, 11) is 0. The average Bonchev–Trinajstić information content (AvgIpc) is 2.64. The second kappa shape index (κ2) is 6.00. The van der Waals surface area contributed by atoms with Crippen LogP contribution in [-0.2, 0) is 0 Å². The molecule has 0 aliphatic rings. The largest absolute Gasteiger partial charge is 0.491 e. The molecule has 0 radical (unpaired) electrons. The van der Waals surface area contributed by atoms with E-state index in [4.69, 9.17) is 11.6 Å². The third-order valence-electron chi connectivity index (χ3n) is 4.46. The fourth-order valence-corrected chi connectivity index (χ4v) is 3.25. The molecule has 0 saturated heterocycles. The van der Waals surface area contributed by atoms with Crippen LogP contribution in [0.25, 0.3) is 21.8 Å². The summed E-state index contributed by atoms with van der Waals surface area (Å²) in [6, 6.07) is 13.5. The number of hydrogen-bond donors (Lipinski definition) is 2. The van der Waals surface area contributed by atoms with E-state index in [9.17, 15) is 14.7 Å². The first-order valence-electron chi connectivity index (χ1n) is 7.99. The number of nitrogens with zero attached hydrogens (tertiary/aromatic N) is 2. The molecular weight excluding hydrogens is 354 g/mol. The summed E-state index contributed by atoms with van der Waals surface area (Å²) in [5.74, 6) is -0.415. The number of rotatable bonds is 2. The number of pyridine rings is 1. The smallest absolute Gasteiger partial charge is 0.280 e. The van der Waals surface area contributed by atoms with Crippen molar-refractivity contribution in [3.8, 4) is 5.88 Å². The Morgan fingerprint density at radius 1 is 1.15 bits per heavy atom. The van der Waals surface area contributed by atoms with Crippen molar-refractivity contribution in [1.82, 2.24) is 14.8 Å². The third kappa shape index (κ3) is 2.46. The minimum atomic E-state index is -0.563. The van der Waals surface area contributed by atoms with Gasteiger partial charge in [-0.2, -0.15) is 0 Å². The maximum absolute atomic E-state index is 13.0. The summed E-state index contributed by atoms with van der Waals surface area (Å²) in [4.78, 5) is 28.7. The molecule has 2 heterocycles. The summed E-state index contributed by atoms with van der Waals surface area (Å²) >= 11 is 5.96. The predicted molar refractivity (Wildman–Crippen MR) is 101 cm³/mol. The van der Waals surface area contributed by atoms with Gasteiger partial charge in [0.1, 0.15) is 10.9 Å². The van der Waals surface area contributed by atoms with Crippen molar-refractivity contribution in [2.24, 2.45) is 0 Å². The van der Waals surface area contributed by atoms with Crippen molar-refractivity contribution >= 4 is 33.4 Å². The van der Waals surface area contributed by atoms with Crippen LogP contribution in [0.4, 0.5) is 0 Å². The van der Waals surface area contributed by atoms with Crippen LogP contribution in [0, 0.1) is 0 Å². The van der Waals surface area contributed by atoms with E-state index in [0.29, 0.717) is 15.9 Å². The Hall–Kier alpha value is -3.12. The molecule has 0 bridgehead atoms. The highest BCUT2D eigenvalue weighted by Gasteiger charge is 2.19. The number of aromatic nitrogens is 3. The molecule has 2 aromatic heterocycles. The Balaban J connectivity index is 2.07. The molecule has 130 valence electrons. The highest BCUT2D eigenvalue weighted by molar-refractivity contribution is 6.31. The standard InChI is InChI=1S/C19H14ClN3O3/c1-10(11-5-3-2-4-6-11)23-19(26)15-16(18(25)22-23)21-14-9-12(20)7-8-13(14)17(15)24/h2-10H,1H3,(H,21,24)(H,22,25). The Kier molecular flexibility index (Phi) is 3.77. The van der Waals surface area contributed by atoms with E-state index in [0.717, 1.165) is 10.2 Å². The van der Waals surface area contributed by atoms with Crippen LogP contribution < -0.4 is 11.0 Å². The fraction of sp³-hybridized carbons (Fsp3) is 0.105. The van der Waals surface area contributed by atoms with Crippen LogP contribution in [0.1, 0.15) is 18.5 Å². The van der Waals surface area contributed by atoms with Crippen LogP contribution in [0.3, 0.4) is 0 Å². The summed E-state index contributed by atoms with van der Waals surface area (Å²) < 4.78 is 1.13. The van der Waals surface area contributed by atoms with E-state index in [2.05, 4.69) is 10.1 Å². The lowest BCUT2D eigenvalue weighted by Crippen LogP contribution is -2.30. The Bertz CT molecular complexity index is 1260. The third-order valence-corrected chi connectivity index (χ3v) is 4.69. The summed E-state index contributed by atoms with van der Waals surface area (Å²) in [5, 5.41) is 15.0. The molecule has 0 aliphatic carbocycles. The van der Waals surface area contributed by atoms with Crippen molar-refractivity contribution in [2.45, 2.75) is 13.0 Å². The monoisotopic (exact) mass is 367 g/mol. The highest BCUT2D eigenvalue weighted by Crippen LogP contribution is 2.23. The van der Waals surface area contributed by atoms with Gasteiger partial charge < -0.3 is 10.1 Å². The maximum Gasteiger partial charge on any atom is 0.280 e. The SMILES string of the molecule is CC(c1ccccc1)n1nc(O)c2[nH]c3cc(Cl)ccc3c(=O)c2c1=O. The first-order valence-corrected chi connectivity index (χ1v) is 8.37. The zero-order valence-corrected chi connectivity index (χ0v) is 14.5. The van der Waals surface area contributed by atoms with Crippen molar-refractivity contribution in [3.05, 3.63) is 79.7 Å². The molecule has 0 aliphatic heterocycles. The Morgan fingerprint density at radius 2 is 1.88 bits per heavy atom. The molecule has 2 aromatic carbocycles. The van der Waals surface area contributed by atoms with Crippen molar-refractivity contribution in [3.63, 3.8) is 0 Å². The minimum absolute atomic E-state index is 0.00581. The van der Waals surface area contributed by atoms with Gasteiger partial charge in [-0.1, -0.05) is 41.9 Å². The molecule has 0 fully saturated rings. The van der Waals surface area contributed by atoms with Gasteiger partial charge in [0.05, 0.1) is 11.6 Å². The predicted octanol–water partition coefficient (Wildman–Crippen LogP) is 3.21. The topological polar surface area (TPSA) is 88.0 Å². The van der Waals surface area contributed by atoms with E-state index in [1.54, 1.807) is 25.1 Å². The number of benzene rings is 2. The molecule has 2 N–H and O–H groups in total. The van der Waals surface area contributed by atoms with E-state index in [1.807, 2.05) is 30.3 Å². The lowest BCUT2D eigenvalue weighted by Gasteiger charge is -2.15. The fourth-order valence-electron chi connectivity index (χ4n) is 3.08. The van der Waals surface area contributed by atoms with Crippen molar-refractivity contribution < 1.29 is 5.11 Å². The first kappa shape index (κ1) is 16.4. The summed E-state index contributed by atoms with van der Waals surface area (Å²) in [6.45, 7) is 1.78. The molecule has 4 aromatic rings. The second-order valence-corrected chi connectivity index (χ2v) is 6.49. The average molecular weight is 368 g/mol. The molecule has 26 heavy (non-hydrogen) atoms. The van der Waals surface area contributed by atoms with Crippen molar-refractivity contribution in [1.29, 1.82) is 0 Å². The molecule has 6 nitrogen and oxygen atoms in total. The zero-order chi connectivity index (χ0) is 18.4. The number of fused-ring (bicyclic) bond motifs is 2. The summed E-state index contributed by atoms with van der Waals surface area (Å²) in [6.07, 6.45) is 0. The minimum Gasteiger partial charge on any atom is -0.491 e. The van der Waals surface area contributed by atoms with Crippen LogP contribution in [0.15, 0.2) is 58.1 Å². The van der Waals surface area contributed by atoms with Crippen LogP contribution >= 0.6 is 11.6 Å². The molecule has 0 spiro atoms. The Morgan fingerprint density at radius 3 is 2.62 bits per heavy atom. The van der Waals surface area contributed by atoms with E-state index >= 15 is 0 Å². The molecule has 1 unspecified atom stereocenters. The highest BCUT2D eigenvalue weighted by atomic mass is 35.5. The van der Waals surface area contributed by atoms with Gasteiger partial charge >= 0.3 is 0 Å². The first-order chi connectivity index (χ1) is 12.5. The molecule has 1 atom stereocenters. The molecule has 0 amide bonds. The van der Waals surface area contributed by atoms with Crippen LogP contribution in [0.2, 0.25) is 5.02 Å². The number of aromatic amines is 1. The van der Waals surface area contributed by atoms with E-state index in [1.165, 1.54) is 0 Å². The molecule has 4 rings (SSSR count). The van der Waals surface area contributed by atoms with Crippen LogP contribution in [-0.4, -0.2) is 19.9 Å². The maximum atomic E-state index is 13.0. The van der Waals surface area contributed by atoms with Gasteiger partial charge in [0.2, 0.25) is 5.43 Å². The van der Waals surface area contributed by atoms with Gasteiger partial charge in [-0.3, -0.25) is 9.59 Å². The van der Waals surface area contributed by atoms with Gasteiger partial charge in [0.15, 0.2) is 0 Å². The van der Waals surface area contributed by atoms with E-state index in [-0.39, 0.29) is 10.9 Å². The van der Waals surface area contributed by atoms with Crippen LogP contribution in [0.5, 0.6) is 5.88 Å². The molecule has 7 heteroatoms. The lowest BCUT2D eigenvalue weighted by atomic mass is 10.1. The van der Waals surface area contributed by atoms with Crippen molar-refractivity contribution in [2.75, 3.05) is 0 Å². The number of H-pyrrole nitrogens is 1. The number of hydrogen-bond acceptors (Lipinski definition) is 4. The number of halogens is 1. The molecular formula is C19H14ClN3O3. The van der Waals surface area contributed by atoms with Gasteiger partial charge in [-0.05, 0) is 30.7 Å². The lowest BCUT2D eigenvalue weighted by molar-refractivity contribution is 0.416. The normalized spacial score (nSPS) is 12.5. The zero-order valence-electron chi connectivity index (χ0n) is 13.7. The summed E-state index contributed by atoms with van der Waals surface area (Å²) in [5.41, 5.74) is 0.242. The molecule has 0 saturated carbocycles. The second-order valence-electron chi connectivity index (χ2n) is 6.05. The number of aromatic hydroxyl groups is 1. The number of nitrogens with one attached hydrogen (secondary N) is 1. The van der Waals surface area contributed by atoms with Gasteiger partial charge in [-0.15, -0.1) is 5.10 Å².